The largest absolute Gasteiger partial charge is 0.464 e. The maximum atomic E-state index is 11.4. The topological polar surface area (TPSA) is 51.5 Å². The molecular formula is C16H19NO3. The Hall–Kier alpha value is -2.23. The number of nitrogens with one attached hydrogen (secondary N) is 1. The highest BCUT2D eigenvalue weighted by Crippen LogP contribution is 2.31. The van der Waals surface area contributed by atoms with Gasteiger partial charge in [-0.05, 0) is 44.9 Å². The first-order valence-corrected chi connectivity index (χ1v) is 6.62. The lowest BCUT2D eigenvalue weighted by molar-refractivity contribution is -0.137. The lowest BCUT2D eigenvalue weighted by Crippen LogP contribution is -2.04. The number of furan rings is 1. The Morgan fingerprint density at radius 1 is 1.35 bits per heavy atom. The van der Waals surface area contributed by atoms with Crippen LogP contribution in [0.15, 0.2) is 34.6 Å². The second-order valence-electron chi connectivity index (χ2n) is 4.76. The molecule has 0 spiro atoms. The number of anilines is 1. The number of carbonyl (C=O) groups excluding carboxylic acids is 1. The van der Waals surface area contributed by atoms with Crippen molar-refractivity contribution in [3.05, 3.63) is 41.3 Å². The third kappa shape index (κ3) is 2.85. The molecule has 0 saturated heterocycles. The zero-order valence-corrected chi connectivity index (χ0v) is 12.2. The van der Waals surface area contributed by atoms with Gasteiger partial charge in [-0.2, -0.15) is 0 Å². The summed E-state index contributed by atoms with van der Waals surface area (Å²) in [7, 11) is 0. The van der Waals surface area contributed by atoms with Crippen LogP contribution in [0.4, 0.5) is 5.69 Å². The van der Waals surface area contributed by atoms with E-state index in [0.29, 0.717) is 6.61 Å². The maximum Gasteiger partial charge on any atom is 0.332 e. The lowest BCUT2D eigenvalue weighted by Gasteiger charge is -2.09. The van der Waals surface area contributed by atoms with Crippen LogP contribution in [0.1, 0.15) is 25.0 Å². The highest BCUT2D eigenvalue weighted by Gasteiger charge is 2.10. The Morgan fingerprint density at radius 3 is 2.80 bits per heavy atom. The van der Waals surface area contributed by atoms with Gasteiger partial charge in [0.1, 0.15) is 5.58 Å². The van der Waals surface area contributed by atoms with E-state index in [1.54, 1.807) is 13.2 Å². The van der Waals surface area contributed by atoms with Gasteiger partial charge in [-0.25, -0.2) is 4.79 Å². The van der Waals surface area contributed by atoms with E-state index in [1.807, 2.05) is 32.9 Å². The molecule has 0 radical (unpaired) electrons. The first-order chi connectivity index (χ1) is 9.52. The van der Waals surface area contributed by atoms with Gasteiger partial charge in [0.05, 0.1) is 12.9 Å². The fourth-order valence-corrected chi connectivity index (χ4v) is 2.15. The first kappa shape index (κ1) is 14.2. The molecule has 0 fully saturated rings. The van der Waals surface area contributed by atoms with Crippen LogP contribution in [-0.2, 0) is 9.53 Å². The molecule has 0 atom stereocenters. The molecule has 0 aliphatic carbocycles. The molecule has 20 heavy (non-hydrogen) atoms. The van der Waals surface area contributed by atoms with E-state index in [2.05, 4.69) is 5.32 Å². The molecule has 0 saturated carbocycles. The molecule has 1 aromatic carbocycles. The zero-order chi connectivity index (χ0) is 14.7. The predicted molar refractivity (Wildman–Crippen MR) is 79.7 cm³/mol. The molecule has 2 rings (SSSR count). The molecule has 1 N–H and O–H groups in total. The number of esters is 1. The van der Waals surface area contributed by atoms with Crippen LogP contribution >= 0.6 is 0 Å². The molecule has 1 aromatic heterocycles. The van der Waals surface area contributed by atoms with Crippen molar-refractivity contribution < 1.29 is 13.9 Å². The average molecular weight is 273 g/mol. The summed E-state index contributed by atoms with van der Waals surface area (Å²) in [4.78, 5) is 11.4. The molecule has 106 valence electrons. The molecule has 0 unspecified atom stereocenters. The van der Waals surface area contributed by atoms with Gasteiger partial charge in [0.15, 0.2) is 0 Å². The Kier molecular flexibility index (Phi) is 4.13. The minimum Gasteiger partial charge on any atom is -0.464 e. The third-order valence-electron chi connectivity index (χ3n) is 3.06. The van der Waals surface area contributed by atoms with Gasteiger partial charge in [-0.15, -0.1) is 0 Å². The number of carbonyl (C=O) groups is 1. The van der Waals surface area contributed by atoms with Gasteiger partial charge in [-0.3, -0.25) is 0 Å². The van der Waals surface area contributed by atoms with Crippen LogP contribution in [0.25, 0.3) is 11.0 Å². The van der Waals surface area contributed by atoms with Crippen LogP contribution in [0.3, 0.4) is 0 Å². The number of fused-ring (bicyclic) bond motifs is 1. The third-order valence-corrected chi connectivity index (χ3v) is 3.06. The van der Waals surface area contributed by atoms with E-state index in [4.69, 9.17) is 9.15 Å². The van der Waals surface area contributed by atoms with E-state index < -0.39 is 0 Å². The molecule has 0 amide bonds. The van der Waals surface area contributed by atoms with Gasteiger partial charge in [0.2, 0.25) is 0 Å². The van der Waals surface area contributed by atoms with Gasteiger partial charge in [-0.1, -0.05) is 6.07 Å². The summed E-state index contributed by atoms with van der Waals surface area (Å²) in [5.74, 6) is -0.343. The minimum atomic E-state index is -0.343. The van der Waals surface area contributed by atoms with E-state index in [9.17, 15) is 4.79 Å². The number of hydrogen-bond donors (Lipinski definition) is 1. The summed E-state index contributed by atoms with van der Waals surface area (Å²) >= 11 is 0. The van der Waals surface area contributed by atoms with Crippen molar-refractivity contribution >= 4 is 22.6 Å². The summed E-state index contributed by atoms with van der Waals surface area (Å²) < 4.78 is 10.5. The number of rotatable bonds is 4. The van der Waals surface area contributed by atoms with Crippen LogP contribution in [0.5, 0.6) is 0 Å². The monoisotopic (exact) mass is 273 g/mol. The number of ether oxygens (including phenoxy) is 1. The van der Waals surface area contributed by atoms with Crippen molar-refractivity contribution in [2.75, 3.05) is 11.9 Å². The van der Waals surface area contributed by atoms with Crippen molar-refractivity contribution in [1.29, 1.82) is 0 Å². The van der Waals surface area contributed by atoms with Crippen LogP contribution in [0.2, 0.25) is 0 Å². The molecule has 2 aromatic rings. The number of aryl methyl sites for hydroxylation is 2. The van der Waals surface area contributed by atoms with Crippen molar-refractivity contribution in [2.45, 2.75) is 27.7 Å². The molecule has 4 heteroatoms. The van der Waals surface area contributed by atoms with Crippen molar-refractivity contribution in [3.63, 3.8) is 0 Å². The molecule has 0 aliphatic heterocycles. The highest BCUT2D eigenvalue weighted by atomic mass is 16.5. The normalized spacial score (nSPS) is 11.7. The quantitative estimate of drug-likeness (QED) is 0.677. The van der Waals surface area contributed by atoms with Crippen LogP contribution in [0, 0.1) is 13.8 Å². The Labute approximate surface area is 118 Å². The number of hydrogen-bond acceptors (Lipinski definition) is 4. The lowest BCUT2D eigenvalue weighted by atomic mass is 10.1. The van der Waals surface area contributed by atoms with E-state index in [1.165, 1.54) is 6.08 Å². The second kappa shape index (κ2) is 5.82. The molecule has 4 nitrogen and oxygen atoms in total. The summed E-state index contributed by atoms with van der Waals surface area (Å²) in [6.45, 7) is 8.00. The standard InChI is InChI=1S/C16H19NO3/c1-5-19-14(18)8-12(4)17-13-7-6-10(2)16-15(13)11(3)9-20-16/h6-9,17H,5H2,1-4H3/b12-8+. The summed E-state index contributed by atoms with van der Waals surface area (Å²) in [5.41, 5.74) is 4.68. The number of allylic oxidation sites excluding steroid dienone is 1. The van der Waals surface area contributed by atoms with Crippen molar-refractivity contribution in [1.82, 2.24) is 0 Å². The van der Waals surface area contributed by atoms with Gasteiger partial charge in [0, 0.05) is 22.8 Å². The van der Waals surface area contributed by atoms with Gasteiger partial charge < -0.3 is 14.5 Å². The van der Waals surface area contributed by atoms with Crippen molar-refractivity contribution in [2.24, 2.45) is 0 Å². The minimum absolute atomic E-state index is 0.343. The second-order valence-corrected chi connectivity index (χ2v) is 4.76. The Balaban J connectivity index is 2.33. The SMILES string of the molecule is CCOC(=O)/C=C(\C)Nc1ccc(C)c2occ(C)c12. The van der Waals surface area contributed by atoms with Crippen molar-refractivity contribution in [3.8, 4) is 0 Å². The Morgan fingerprint density at radius 2 is 2.10 bits per heavy atom. The van der Waals surface area contributed by atoms with E-state index >= 15 is 0 Å². The van der Waals surface area contributed by atoms with Gasteiger partial charge in [0.25, 0.3) is 0 Å². The molecule has 0 aliphatic rings. The van der Waals surface area contributed by atoms with E-state index in [-0.39, 0.29) is 5.97 Å². The first-order valence-electron chi connectivity index (χ1n) is 6.62. The summed E-state index contributed by atoms with van der Waals surface area (Å²) in [5, 5.41) is 4.27. The number of benzene rings is 1. The Bertz CT molecular complexity index is 668. The zero-order valence-electron chi connectivity index (χ0n) is 12.2. The summed E-state index contributed by atoms with van der Waals surface area (Å²) in [6.07, 6.45) is 3.19. The predicted octanol–water partition coefficient (Wildman–Crippen LogP) is 3.93. The summed E-state index contributed by atoms with van der Waals surface area (Å²) in [6, 6.07) is 3.98. The van der Waals surface area contributed by atoms with Crippen LogP contribution in [-0.4, -0.2) is 12.6 Å². The van der Waals surface area contributed by atoms with Gasteiger partial charge >= 0.3 is 5.97 Å². The fraction of sp³-hybridized carbons (Fsp3) is 0.312. The highest BCUT2D eigenvalue weighted by molar-refractivity contribution is 5.96. The fourth-order valence-electron chi connectivity index (χ4n) is 2.15. The van der Waals surface area contributed by atoms with E-state index in [0.717, 1.165) is 33.5 Å². The maximum absolute atomic E-state index is 11.4. The van der Waals surface area contributed by atoms with Crippen LogP contribution < -0.4 is 5.32 Å². The molecule has 0 bridgehead atoms. The molecular weight excluding hydrogens is 254 g/mol. The smallest absolute Gasteiger partial charge is 0.332 e. The average Bonchev–Trinajstić information content (AvgIpc) is 2.76. The molecule has 1 heterocycles.